The molecule has 1 heterocycles. The normalized spacial score (nSPS) is 40.1. The van der Waals surface area contributed by atoms with E-state index in [0.29, 0.717) is 6.42 Å². The lowest BCUT2D eigenvalue weighted by Gasteiger charge is -2.16. The minimum Gasteiger partial charge on any atom is -0.396 e. The lowest BCUT2D eigenvalue weighted by Crippen LogP contribution is -2.95. The molecule has 1 aliphatic rings. The fourth-order valence-corrected chi connectivity index (χ4v) is 1.89. The largest absolute Gasteiger partial charge is 0.396 e. The van der Waals surface area contributed by atoms with Crippen LogP contribution in [0.4, 0.5) is 0 Å². The molecule has 14 heavy (non-hydrogen) atoms. The number of aliphatic hydroxyl groups is 5. The molecule has 0 aromatic carbocycles. The smallest absolute Gasteiger partial charge is 0.144 e. The van der Waals surface area contributed by atoms with Gasteiger partial charge in [0.15, 0.2) is 0 Å². The van der Waals surface area contributed by atoms with Crippen molar-refractivity contribution in [3.05, 3.63) is 0 Å². The van der Waals surface area contributed by atoms with E-state index in [9.17, 15) is 15.3 Å². The molecule has 1 fully saturated rings. The SMILES string of the molecule is OCC[C@@H]1[NH2+][C@@H]([C@H](O)CO)[C@H](O)[C@@H]1O. The van der Waals surface area contributed by atoms with Gasteiger partial charge < -0.3 is 30.8 Å². The van der Waals surface area contributed by atoms with Gasteiger partial charge in [-0.25, -0.2) is 0 Å². The maximum atomic E-state index is 9.52. The summed E-state index contributed by atoms with van der Waals surface area (Å²) in [6, 6.07) is -0.937. The van der Waals surface area contributed by atoms with Crippen LogP contribution in [0.25, 0.3) is 0 Å². The second kappa shape index (κ2) is 5.01. The Bertz CT molecular complexity index is 177. The Morgan fingerprint density at radius 3 is 2.29 bits per heavy atom. The van der Waals surface area contributed by atoms with Gasteiger partial charge in [0.1, 0.15) is 30.4 Å². The van der Waals surface area contributed by atoms with Crippen molar-refractivity contribution in [3.63, 3.8) is 0 Å². The van der Waals surface area contributed by atoms with Crippen molar-refractivity contribution < 1.29 is 30.8 Å². The molecule has 7 N–H and O–H groups in total. The first kappa shape index (κ1) is 11.8. The molecule has 1 saturated heterocycles. The van der Waals surface area contributed by atoms with Gasteiger partial charge in [0.05, 0.1) is 6.61 Å². The Morgan fingerprint density at radius 2 is 1.79 bits per heavy atom. The van der Waals surface area contributed by atoms with E-state index in [1.165, 1.54) is 0 Å². The van der Waals surface area contributed by atoms with Crippen molar-refractivity contribution in [2.75, 3.05) is 13.2 Å². The van der Waals surface area contributed by atoms with Crippen LogP contribution in [0, 0.1) is 0 Å². The van der Waals surface area contributed by atoms with E-state index in [1.54, 1.807) is 5.32 Å². The molecule has 6 nitrogen and oxygen atoms in total. The van der Waals surface area contributed by atoms with Crippen molar-refractivity contribution >= 4 is 0 Å². The molecular formula is C8H18NO5+. The Balaban J connectivity index is 2.57. The Hall–Kier alpha value is -0.240. The highest BCUT2D eigenvalue weighted by Gasteiger charge is 2.47. The first-order valence-corrected chi connectivity index (χ1v) is 4.72. The van der Waals surface area contributed by atoms with Gasteiger partial charge in [-0.15, -0.1) is 0 Å². The van der Waals surface area contributed by atoms with Crippen molar-refractivity contribution in [2.24, 2.45) is 0 Å². The van der Waals surface area contributed by atoms with Crippen LogP contribution in [0.1, 0.15) is 6.42 Å². The number of aliphatic hydroxyl groups excluding tert-OH is 5. The second-order valence-electron chi connectivity index (χ2n) is 3.68. The molecule has 0 aromatic heterocycles. The van der Waals surface area contributed by atoms with Gasteiger partial charge in [-0.2, -0.15) is 0 Å². The summed E-state index contributed by atoms with van der Waals surface area (Å²) >= 11 is 0. The fourth-order valence-electron chi connectivity index (χ4n) is 1.89. The zero-order valence-electron chi connectivity index (χ0n) is 7.82. The summed E-state index contributed by atoms with van der Waals surface area (Å²) in [5.41, 5.74) is 0. The van der Waals surface area contributed by atoms with Gasteiger partial charge in [0, 0.05) is 13.0 Å². The minimum atomic E-state index is -1.06. The highest BCUT2D eigenvalue weighted by Crippen LogP contribution is 2.12. The number of rotatable bonds is 4. The third kappa shape index (κ3) is 2.22. The molecule has 5 atom stereocenters. The quantitative estimate of drug-likeness (QED) is 0.280. The number of quaternary nitrogens is 1. The molecule has 0 bridgehead atoms. The zero-order valence-corrected chi connectivity index (χ0v) is 7.82. The van der Waals surface area contributed by atoms with Crippen molar-refractivity contribution in [2.45, 2.75) is 36.8 Å². The third-order valence-corrected chi connectivity index (χ3v) is 2.75. The van der Waals surface area contributed by atoms with E-state index in [1.807, 2.05) is 0 Å². The topological polar surface area (TPSA) is 118 Å². The zero-order chi connectivity index (χ0) is 10.7. The molecule has 1 rings (SSSR count). The standard InChI is InChI=1S/C8H17NO5/c10-2-1-4-7(13)8(14)6(9-4)5(12)3-11/h4-14H,1-3H2/p+1/t4-,5+,6-,7+,8-/m0/s1. The minimum absolute atomic E-state index is 0.0765. The van der Waals surface area contributed by atoms with Gasteiger partial charge in [-0.05, 0) is 0 Å². The molecule has 0 amide bonds. The van der Waals surface area contributed by atoms with Crippen molar-refractivity contribution in [1.29, 1.82) is 0 Å². The van der Waals surface area contributed by atoms with Crippen molar-refractivity contribution in [1.82, 2.24) is 0 Å². The number of hydrogen-bond acceptors (Lipinski definition) is 5. The van der Waals surface area contributed by atoms with Crippen molar-refractivity contribution in [3.8, 4) is 0 Å². The predicted molar refractivity (Wildman–Crippen MR) is 46.3 cm³/mol. The Kier molecular flexibility index (Phi) is 4.24. The summed E-state index contributed by atoms with van der Waals surface area (Å²) in [7, 11) is 0. The first-order valence-electron chi connectivity index (χ1n) is 4.72. The highest BCUT2D eigenvalue weighted by atomic mass is 16.3. The molecule has 0 spiro atoms. The number of nitrogens with two attached hydrogens (primary N) is 1. The van der Waals surface area contributed by atoms with Gasteiger partial charge in [-0.3, -0.25) is 0 Å². The molecule has 0 saturated carbocycles. The summed E-state index contributed by atoms with van der Waals surface area (Å²) < 4.78 is 0. The lowest BCUT2D eigenvalue weighted by atomic mass is 10.0. The summed E-state index contributed by atoms with van der Waals surface area (Å²) in [6.07, 6.45) is -2.72. The van der Waals surface area contributed by atoms with Crippen LogP contribution in [0.5, 0.6) is 0 Å². The Labute approximate surface area is 81.8 Å². The maximum absolute atomic E-state index is 9.52. The monoisotopic (exact) mass is 208 g/mol. The van der Waals surface area contributed by atoms with E-state index in [0.717, 1.165) is 0 Å². The molecule has 84 valence electrons. The second-order valence-corrected chi connectivity index (χ2v) is 3.68. The maximum Gasteiger partial charge on any atom is 0.144 e. The molecule has 0 aliphatic carbocycles. The number of hydrogen-bond donors (Lipinski definition) is 6. The van der Waals surface area contributed by atoms with E-state index >= 15 is 0 Å². The average Bonchev–Trinajstić information content (AvgIpc) is 2.46. The van der Waals surface area contributed by atoms with Crippen LogP contribution in [0.15, 0.2) is 0 Å². The van der Waals surface area contributed by atoms with Gasteiger partial charge in [-0.1, -0.05) is 0 Å². The summed E-state index contributed by atoms with van der Waals surface area (Å²) in [6.45, 7) is -0.524. The Morgan fingerprint density at radius 1 is 1.14 bits per heavy atom. The molecule has 1 aliphatic heterocycles. The molecule has 0 unspecified atom stereocenters. The van der Waals surface area contributed by atoms with E-state index in [2.05, 4.69) is 0 Å². The fraction of sp³-hybridized carbons (Fsp3) is 1.00. The van der Waals surface area contributed by atoms with Crippen LogP contribution in [-0.2, 0) is 0 Å². The lowest BCUT2D eigenvalue weighted by molar-refractivity contribution is -0.713. The van der Waals surface area contributed by atoms with Crippen LogP contribution in [0.3, 0.4) is 0 Å². The van der Waals surface area contributed by atoms with Gasteiger partial charge in [0.25, 0.3) is 0 Å². The summed E-state index contributed by atoms with van der Waals surface area (Å²) in [5, 5.41) is 47.4. The van der Waals surface area contributed by atoms with Crippen LogP contribution in [0.2, 0.25) is 0 Å². The first-order chi connectivity index (χ1) is 6.61. The van der Waals surface area contributed by atoms with Crippen LogP contribution >= 0.6 is 0 Å². The molecule has 0 aromatic rings. The predicted octanol–water partition coefficient (Wildman–Crippen LogP) is -4.24. The van der Waals surface area contributed by atoms with E-state index in [-0.39, 0.29) is 12.6 Å². The van der Waals surface area contributed by atoms with Crippen LogP contribution in [-0.4, -0.2) is 69.1 Å². The highest BCUT2D eigenvalue weighted by molar-refractivity contribution is 4.89. The average molecular weight is 208 g/mol. The molecule has 6 heteroatoms. The third-order valence-electron chi connectivity index (χ3n) is 2.75. The van der Waals surface area contributed by atoms with Gasteiger partial charge >= 0.3 is 0 Å². The summed E-state index contributed by atoms with van der Waals surface area (Å²) in [4.78, 5) is 0. The molecular weight excluding hydrogens is 190 g/mol. The molecule has 0 radical (unpaired) electrons. The van der Waals surface area contributed by atoms with Crippen LogP contribution < -0.4 is 5.32 Å². The summed E-state index contributed by atoms with van der Waals surface area (Å²) in [5.74, 6) is 0. The van der Waals surface area contributed by atoms with E-state index < -0.39 is 31.0 Å². The van der Waals surface area contributed by atoms with Gasteiger partial charge in [0.2, 0.25) is 0 Å². The van der Waals surface area contributed by atoms with E-state index in [4.69, 9.17) is 10.2 Å².